The Kier molecular flexibility index (Phi) is 5.44. The molecule has 2 atom stereocenters. The summed E-state index contributed by atoms with van der Waals surface area (Å²) in [5, 5.41) is 0. The van der Waals surface area contributed by atoms with Gasteiger partial charge < -0.3 is 9.80 Å². The minimum atomic E-state index is 0.317. The topological polar surface area (TPSA) is 26.8 Å². The summed E-state index contributed by atoms with van der Waals surface area (Å²) in [6.07, 6.45) is 1.25. The van der Waals surface area contributed by atoms with Crippen molar-refractivity contribution in [3.8, 4) is 0 Å². The number of nitrogens with zero attached hydrogens (tertiary/aromatic N) is 3. The van der Waals surface area contributed by atoms with Gasteiger partial charge in [-0.2, -0.15) is 0 Å². The first-order chi connectivity index (χ1) is 11.5. The largest absolute Gasteiger partial charge is 0.369 e. The second-order valence-electron chi connectivity index (χ2n) is 7.85. The molecule has 1 amide bonds. The number of hydrogen-bond acceptors (Lipinski definition) is 3. The molecule has 4 nitrogen and oxygen atoms in total. The number of carbonyl (C=O) groups excluding carboxylic acids is 1. The summed E-state index contributed by atoms with van der Waals surface area (Å²) in [6.45, 7) is 13.1. The molecular weight excluding hydrogens is 298 g/mol. The van der Waals surface area contributed by atoms with Crippen LogP contribution in [0.15, 0.2) is 24.3 Å². The van der Waals surface area contributed by atoms with Crippen molar-refractivity contribution in [1.29, 1.82) is 0 Å². The van der Waals surface area contributed by atoms with Gasteiger partial charge in [0, 0.05) is 45.0 Å². The molecule has 4 heteroatoms. The van der Waals surface area contributed by atoms with Gasteiger partial charge in [0.25, 0.3) is 0 Å². The average Bonchev–Trinajstić information content (AvgIpc) is 2.54. The van der Waals surface area contributed by atoms with Crippen LogP contribution >= 0.6 is 0 Å². The van der Waals surface area contributed by atoms with E-state index in [9.17, 15) is 4.79 Å². The summed E-state index contributed by atoms with van der Waals surface area (Å²) >= 11 is 0. The maximum Gasteiger partial charge on any atom is 0.236 e. The number of benzene rings is 1. The lowest BCUT2D eigenvalue weighted by Gasteiger charge is -2.39. The predicted molar refractivity (Wildman–Crippen MR) is 99.4 cm³/mol. The van der Waals surface area contributed by atoms with Crippen molar-refractivity contribution in [2.45, 2.75) is 27.2 Å². The molecule has 0 aromatic heterocycles. The van der Waals surface area contributed by atoms with Crippen molar-refractivity contribution in [1.82, 2.24) is 9.80 Å². The van der Waals surface area contributed by atoms with E-state index in [1.807, 2.05) is 0 Å². The standard InChI is InChI=1S/C20H31N3O/c1-16-5-4-6-19(12-16)22-9-7-21(8-10-22)15-20(24)23-13-17(2)11-18(3)14-23/h4-6,12,17-18H,7-11,13-15H2,1-3H3. The van der Waals surface area contributed by atoms with Gasteiger partial charge in [-0.25, -0.2) is 0 Å². The highest BCUT2D eigenvalue weighted by Crippen LogP contribution is 2.21. The number of aryl methyl sites for hydroxylation is 1. The number of hydrogen-bond donors (Lipinski definition) is 0. The number of carbonyl (C=O) groups is 1. The minimum absolute atomic E-state index is 0.317. The summed E-state index contributed by atoms with van der Waals surface area (Å²) in [7, 11) is 0. The summed E-state index contributed by atoms with van der Waals surface area (Å²) in [5.41, 5.74) is 2.61. The second kappa shape index (κ2) is 7.56. The molecule has 1 aromatic rings. The molecule has 0 radical (unpaired) electrons. The van der Waals surface area contributed by atoms with E-state index in [1.165, 1.54) is 17.7 Å². The zero-order chi connectivity index (χ0) is 17.1. The molecule has 1 aromatic carbocycles. The molecule has 2 heterocycles. The Balaban J connectivity index is 1.49. The van der Waals surface area contributed by atoms with Gasteiger partial charge in [0.1, 0.15) is 0 Å². The Morgan fingerprint density at radius 1 is 1.08 bits per heavy atom. The molecule has 0 saturated carbocycles. The highest BCUT2D eigenvalue weighted by atomic mass is 16.2. The molecule has 2 unspecified atom stereocenters. The highest BCUT2D eigenvalue weighted by molar-refractivity contribution is 5.78. The van der Waals surface area contributed by atoms with E-state index in [0.29, 0.717) is 24.3 Å². The van der Waals surface area contributed by atoms with Crippen LogP contribution < -0.4 is 4.90 Å². The zero-order valence-corrected chi connectivity index (χ0v) is 15.4. The van der Waals surface area contributed by atoms with Gasteiger partial charge in [-0.3, -0.25) is 9.69 Å². The predicted octanol–water partition coefficient (Wildman–Crippen LogP) is 2.62. The summed E-state index contributed by atoms with van der Waals surface area (Å²) in [5.74, 6) is 1.59. The maximum atomic E-state index is 12.6. The van der Waals surface area contributed by atoms with Gasteiger partial charge in [-0.05, 0) is 42.9 Å². The lowest BCUT2D eigenvalue weighted by Crippen LogP contribution is -2.52. The lowest BCUT2D eigenvalue weighted by atomic mass is 9.92. The quantitative estimate of drug-likeness (QED) is 0.853. The van der Waals surface area contributed by atoms with E-state index in [0.717, 1.165) is 39.3 Å². The second-order valence-corrected chi connectivity index (χ2v) is 7.85. The van der Waals surface area contributed by atoms with Gasteiger partial charge in [0.05, 0.1) is 6.54 Å². The van der Waals surface area contributed by atoms with Crippen LogP contribution in [0, 0.1) is 18.8 Å². The van der Waals surface area contributed by atoms with Crippen LogP contribution in [0.25, 0.3) is 0 Å². The average molecular weight is 329 g/mol. The fourth-order valence-corrected chi connectivity index (χ4v) is 4.15. The normalized spacial score (nSPS) is 25.8. The monoisotopic (exact) mass is 329 g/mol. The zero-order valence-electron chi connectivity index (χ0n) is 15.4. The van der Waals surface area contributed by atoms with Crippen molar-refractivity contribution < 1.29 is 4.79 Å². The van der Waals surface area contributed by atoms with Crippen molar-refractivity contribution in [2.24, 2.45) is 11.8 Å². The summed E-state index contributed by atoms with van der Waals surface area (Å²) in [6, 6.07) is 8.69. The van der Waals surface area contributed by atoms with E-state index >= 15 is 0 Å². The Morgan fingerprint density at radius 2 is 1.75 bits per heavy atom. The third-order valence-corrected chi connectivity index (χ3v) is 5.32. The number of amides is 1. The SMILES string of the molecule is Cc1cccc(N2CCN(CC(=O)N3CC(C)CC(C)C3)CC2)c1. The maximum absolute atomic E-state index is 12.6. The Hall–Kier alpha value is -1.55. The van der Waals surface area contributed by atoms with E-state index in [1.54, 1.807) is 0 Å². The van der Waals surface area contributed by atoms with Gasteiger partial charge in [0.15, 0.2) is 0 Å². The van der Waals surface area contributed by atoms with Crippen LogP contribution in [0.4, 0.5) is 5.69 Å². The van der Waals surface area contributed by atoms with Gasteiger partial charge in [0.2, 0.25) is 5.91 Å². The molecule has 2 saturated heterocycles. The molecule has 2 aliphatic heterocycles. The molecule has 0 aliphatic carbocycles. The third-order valence-electron chi connectivity index (χ3n) is 5.32. The molecule has 132 valence electrons. The van der Waals surface area contributed by atoms with Crippen LogP contribution in [0.1, 0.15) is 25.8 Å². The lowest BCUT2D eigenvalue weighted by molar-refractivity contribution is -0.135. The van der Waals surface area contributed by atoms with Crippen molar-refractivity contribution in [3.63, 3.8) is 0 Å². The summed E-state index contributed by atoms with van der Waals surface area (Å²) < 4.78 is 0. The van der Waals surface area contributed by atoms with Crippen LogP contribution in [0.2, 0.25) is 0 Å². The van der Waals surface area contributed by atoms with Crippen molar-refractivity contribution in [2.75, 3.05) is 50.7 Å². The summed E-state index contributed by atoms with van der Waals surface area (Å²) in [4.78, 5) is 19.5. The van der Waals surface area contributed by atoms with Gasteiger partial charge >= 0.3 is 0 Å². The fourth-order valence-electron chi connectivity index (χ4n) is 4.15. The Labute approximate surface area is 146 Å². The Morgan fingerprint density at radius 3 is 2.38 bits per heavy atom. The molecular formula is C20H31N3O. The van der Waals surface area contributed by atoms with E-state index in [4.69, 9.17) is 0 Å². The number of rotatable bonds is 3. The molecule has 2 aliphatic rings. The Bertz CT molecular complexity index is 556. The first kappa shape index (κ1) is 17.3. The van der Waals surface area contributed by atoms with Crippen molar-refractivity contribution in [3.05, 3.63) is 29.8 Å². The number of likely N-dealkylation sites (tertiary alicyclic amines) is 1. The third kappa shape index (κ3) is 4.29. The molecule has 2 fully saturated rings. The molecule has 24 heavy (non-hydrogen) atoms. The molecule has 3 rings (SSSR count). The smallest absolute Gasteiger partial charge is 0.236 e. The minimum Gasteiger partial charge on any atom is -0.369 e. The number of piperidine rings is 1. The van der Waals surface area contributed by atoms with E-state index in [2.05, 4.69) is 59.7 Å². The molecule has 0 bridgehead atoms. The molecule has 0 spiro atoms. The first-order valence-electron chi connectivity index (χ1n) is 9.33. The first-order valence-corrected chi connectivity index (χ1v) is 9.33. The van der Waals surface area contributed by atoms with E-state index < -0.39 is 0 Å². The van der Waals surface area contributed by atoms with Crippen molar-refractivity contribution >= 4 is 11.6 Å². The number of anilines is 1. The van der Waals surface area contributed by atoms with E-state index in [-0.39, 0.29) is 0 Å². The highest BCUT2D eigenvalue weighted by Gasteiger charge is 2.27. The van der Waals surface area contributed by atoms with Gasteiger partial charge in [-0.15, -0.1) is 0 Å². The number of piperazine rings is 1. The fraction of sp³-hybridized carbons (Fsp3) is 0.650. The van der Waals surface area contributed by atoms with Crippen LogP contribution in [0.3, 0.4) is 0 Å². The molecule has 0 N–H and O–H groups in total. The van der Waals surface area contributed by atoms with Crippen LogP contribution in [-0.4, -0.2) is 61.5 Å². The van der Waals surface area contributed by atoms with Crippen LogP contribution in [-0.2, 0) is 4.79 Å². The van der Waals surface area contributed by atoms with Gasteiger partial charge in [-0.1, -0.05) is 26.0 Å². The van der Waals surface area contributed by atoms with Crippen LogP contribution in [0.5, 0.6) is 0 Å².